The highest BCUT2D eigenvalue weighted by molar-refractivity contribution is 7.92. The second kappa shape index (κ2) is 15.2. The third-order valence-corrected chi connectivity index (χ3v) is 10.2. The number of nitrogens with one attached hydrogen (secondary N) is 1. The molecule has 0 heterocycles. The van der Waals surface area contributed by atoms with Gasteiger partial charge in [0.1, 0.15) is 18.4 Å². The highest BCUT2D eigenvalue weighted by Gasteiger charge is 2.35. The molecule has 1 N–H and O–H groups in total. The summed E-state index contributed by atoms with van der Waals surface area (Å²) in [4.78, 5) is 30.2. The van der Waals surface area contributed by atoms with Gasteiger partial charge in [-0.25, -0.2) is 12.8 Å². The molecule has 0 bridgehead atoms. The van der Waals surface area contributed by atoms with Gasteiger partial charge in [0.05, 0.1) is 10.6 Å². The van der Waals surface area contributed by atoms with Gasteiger partial charge in [-0.1, -0.05) is 97.6 Å². The van der Waals surface area contributed by atoms with E-state index in [2.05, 4.69) is 5.32 Å². The first-order chi connectivity index (χ1) is 22.2. The minimum Gasteiger partial charge on any atom is -0.352 e. The van der Waals surface area contributed by atoms with Crippen LogP contribution in [0.1, 0.15) is 48.8 Å². The molecule has 7 nitrogen and oxygen atoms in total. The summed E-state index contributed by atoms with van der Waals surface area (Å²) in [6.07, 6.45) is 5.20. The van der Waals surface area contributed by atoms with Gasteiger partial charge in [0.25, 0.3) is 10.0 Å². The number of nitrogens with zero attached hydrogens (tertiary/aromatic N) is 2. The van der Waals surface area contributed by atoms with Crippen LogP contribution < -0.4 is 9.62 Å². The molecule has 1 saturated carbocycles. The summed E-state index contributed by atoms with van der Waals surface area (Å²) in [7, 11) is -4.24. The zero-order valence-electron chi connectivity index (χ0n) is 26.0. The van der Waals surface area contributed by atoms with Crippen molar-refractivity contribution in [2.45, 2.75) is 69.0 Å². The number of halogens is 1. The number of sulfonamides is 1. The molecule has 2 amide bonds. The topological polar surface area (TPSA) is 86.8 Å². The number of anilines is 1. The molecule has 1 aliphatic rings. The summed E-state index contributed by atoms with van der Waals surface area (Å²) < 4.78 is 43.0. The van der Waals surface area contributed by atoms with E-state index in [0.29, 0.717) is 0 Å². The Labute approximate surface area is 271 Å². The lowest BCUT2D eigenvalue weighted by Gasteiger charge is -2.35. The molecule has 1 atom stereocenters. The molecule has 0 radical (unpaired) electrons. The van der Waals surface area contributed by atoms with E-state index in [1.54, 1.807) is 18.2 Å². The van der Waals surface area contributed by atoms with Crippen LogP contribution in [0.4, 0.5) is 10.1 Å². The van der Waals surface area contributed by atoms with Crippen molar-refractivity contribution in [3.05, 3.63) is 132 Å². The molecule has 0 spiro atoms. The Bertz CT molecular complexity index is 1710. The molecule has 4 aromatic carbocycles. The van der Waals surface area contributed by atoms with E-state index in [9.17, 15) is 22.4 Å². The third kappa shape index (κ3) is 8.40. The summed E-state index contributed by atoms with van der Waals surface area (Å²) in [6.45, 7) is 1.46. The van der Waals surface area contributed by atoms with Crippen molar-refractivity contribution in [3.63, 3.8) is 0 Å². The first kappa shape index (κ1) is 32.9. The minimum atomic E-state index is -4.24. The lowest BCUT2D eigenvalue weighted by Crippen LogP contribution is -2.55. The lowest BCUT2D eigenvalue weighted by molar-refractivity contribution is -0.140. The van der Waals surface area contributed by atoms with Crippen molar-refractivity contribution in [3.8, 4) is 0 Å². The summed E-state index contributed by atoms with van der Waals surface area (Å²) >= 11 is 0. The largest absolute Gasteiger partial charge is 0.352 e. The van der Waals surface area contributed by atoms with Gasteiger partial charge in [-0.3, -0.25) is 13.9 Å². The molecule has 240 valence electrons. The number of hydrogen-bond acceptors (Lipinski definition) is 4. The van der Waals surface area contributed by atoms with Crippen LogP contribution in [0.3, 0.4) is 0 Å². The van der Waals surface area contributed by atoms with Crippen LogP contribution in [0.15, 0.2) is 114 Å². The standard InChI is InChI=1S/C37H40FN3O4S/c1-28-12-11-15-30(24-28)26-40(35(25-29-13-5-2-6-14-29)37(43)39-32-16-7-3-8-17-32)36(42)27-41(33-22-20-31(38)21-23-33)46(44,45)34-18-9-4-10-19-34/h2,4-6,9-15,18-24,32,35H,3,7-8,16-17,25-27H2,1H3,(H,39,43). The second-order valence-corrected chi connectivity index (χ2v) is 13.7. The second-order valence-electron chi connectivity index (χ2n) is 11.9. The first-order valence-electron chi connectivity index (χ1n) is 15.7. The molecule has 1 unspecified atom stereocenters. The molecule has 4 aromatic rings. The SMILES string of the molecule is Cc1cccc(CN(C(=O)CN(c2ccc(F)cc2)S(=O)(=O)c2ccccc2)C(Cc2ccccc2)C(=O)NC2CCCCC2)c1. The average Bonchev–Trinajstić information content (AvgIpc) is 3.07. The van der Waals surface area contributed by atoms with Crippen LogP contribution >= 0.6 is 0 Å². The van der Waals surface area contributed by atoms with E-state index in [0.717, 1.165) is 65.2 Å². The number of hydrogen-bond donors (Lipinski definition) is 1. The van der Waals surface area contributed by atoms with Crippen molar-refractivity contribution in [2.24, 2.45) is 0 Å². The number of carbonyl (C=O) groups excluding carboxylic acids is 2. The maximum Gasteiger partial charge on any atom is 0.264 e. The molecule has 0 aromatic heterocycles. The van der Waals surface area contributed by atoms with Crippen molar-refractivity contribution in [2.75, 3.05) is 10.8 Å². The molecule has 0 aliphatic heterocycles. The minimum absolute atomic E-state index is 0.00626. The summed E-state index contributed by atoms with van der Waals surface area (Å²) in [5.74, 6) is -1.35. The van der Waals surface area contributed by atoms with Crippen LogP contribution in [0.2, 0.25) is 0 Å². The number of carbonyl (C=O) groups is 2. The Balaban J connectivity index is 1.55. The number of aryl methyl sites for hydroxylation is 1. The maximum absolute atomic E-state index is 14.6. The summed E-state index contributed by atoms with van der Waals surface area (Å²) in [5, 5.41) is 3.21. The first-order valence-corrected chi connectivity index (χ1v) is 17.2. The average molecular weight is 642 g/mol. The van der Waals surface area contributed by atoms with Gasteiger partial charge >= 0.3 is 0 Å². The van der Waals surface area contributed by atoms with E-state index in [-0.39, 0.29) is 35.5 Å². The van der Waals surface area contributed by atoms with Gasteiger partial charge in [-0.05, 0) is 67.3 Å². The highest BCUT2D eigenvalue weighted by atomic mass is 32.2. The fourth-order valence-corrected chi connectivity index (χ4v) is 7.40. The summed E-state index contributed by atoms with van der Waals surface area (Å²) in [6, 6.07) is 29.1. The Kier molecular flexibility index (Phi) is 10.9. The molecule has 1 fully saturated rings. The van der Waals surface area contributed by atoms with Crippen molar-refractivity contribution in [1.82, 2.24) is 10.2 Å². The van der Waals surface area contributed by atoms with E-state index >= 15 is 0 Å². The maximum atomic E-state index is 14.6. The lowest BCUT2D eigenvalue weighted by atomic mass is 9.94. The smallest absolute Gasteiger partial charge is 0.264 e. The zero-order valence-corrected chi connectivity index (χ0v) is 26.8. The van der Waals surface area contributed by atoms with E-state index in [1.807, 2.05) is 61.5 Å². The van der Waals surface area contributed by atoms with Crippen LogP contribution in [0.5, 0.6) is 0 Å². The fourth-order valence-electron chi connectivity index (χ4n) is 5.96. The molecule has 46 heavy (non-hydrogen) atoms. The number of benzene rings is 4. The summed E-state index contributed by atoms with van der Waals surface area (Å²) in [5.41, 5.74) is 2.83. The fraction of sp³-hybridized carbons (Fsp3) is 0.297. The Hall–Kier alpha value is -4.50. The number of rotatable bonds is 12. The predicted octanol–water partition coefficient (Wildman–Crippen LogP) is 6.42. The Morgan fingerprint density at radius 3 is 2.11 bits per heavy atom. The molecule has 0 saturated heterocycles. The highest BCUT2D eigenvalue weighted by Crippen LogP contribution is 2.26. The quantitative estimate of drug-likeness (QED) is 0.194. The third-order valence-electron chi connectivity index (χ3n) is 8.38. The zero-order chi connectivity index (χ0) is 32.5. The van der Waals surface area contributed by atoms with Crippen molar-refractivity contribution in [1.29, 1.82) is 0 Å². The molecular formula is C37H40FN3O4S. The normalized spacial score (nSPS) is 14.3. The Morgan fingerprint density at radius 2 is 1.46 bits per heavy atom. The monoisotopic (exact) mass is 641 g/mol. The van der Waals surface area contributed by atoms with Gasteiger partial charge in [0, 0.05) is 19.0 Å². The van der Waals surface area contributed by atoms with Crippen LogP contribution in [0.25, 0.3) is 0 Å². The molecule has 1 aliphatic carbocycles. The van der Waals surface area contributed by atoms with E-state index in [4.69, 9.17) is 0 Å². The molecule has 9 heteroatoms. The van der Waals surface area contributed by atoms with E-state index < -0.39 is 34.3 Å². The number of amides is 2. The van der Waals surface area contributed by atoms with Gasteiger partial charge in [-0.2, -0.15) is 0 Å². The van der Waals surface area contributed by atoms with E-state index in [1.165, 1.54) is 29.2 Å². The van der Waals surface area contributed by atoms with Crippen LogP contribution in [0, 0.1) is 12.7 Å². The van der Waals surface area contributed by atoms with Gasteiger partial charge in [-0.15, -0.1) is 0 Å². The van der Waals surface area contributed by atoms with Gasteiger partial charge in [0.2, 0.25) is 11.8 Å². The van der Waals surface area contributed by atoms with Crippen molar-refractivity contribution >= 4 is 27.5 Å². The molecular weight excluding hydrogens is 601 g/mol. The van der Waals surface area contributed by atoms with Gasteiger partial charge in [0.15, 0.2) is 0 Å². The van der Waals surface area contributed by atoms with Crippen LogP contribution in [-0.2, 0) is 32.6 Å². The molecule has 5 rings (SSSR count). The van der Waals surface area contributed by atoms with Crippen LogP contribution in [-0.4, -0.2) is 43.8 Å². The Morgan fingerprint density at radius 1 is 0.826 bits per heavy atom. The van der Waals surface area contributed by atoms with Gasteiger partial charge < -0.3 is 10.2 Å². The van der Waals surface area contributed by atoms with Crippen molar-refractivity contribution < 1.29 is 22.4 Å². The predicted molar refractivity (Wildman–Crippen MR) is 178 cm³/mol.